The zero-order valence-electron chi connectivity index (χ0n) is 2.67. The molecule has 1 aromatic heterocycles. The van der Waals surface area contributed by atoms with Crippen LogP contribution in [0.1, 0.15) is 0 Å². The molecule has 0 fully saturated rings. The van der Waals surface area contributed by atoms with Crippen LogP contribution in [0.4, 0.5) is 0 Å². The molecule has 1 aromatic rings. The number of hydrogen-bond donors (Lipinski definition) is 1. The Hall–Kier alpha value is -0.424. The predicted octanol–water partition coefficient (Wildman–Crippen LogP) is -1.00. The van der Waals surface area contributed by atoms with Gasteiger partial charge in [-0.15, -0.1) is 0 Å². The van der Waals surface area contributed by atoms with Crippen LogP contribution in [0.15, 0.2) is 0 Å². The number of aromatic nitrogens is 4. The van der Waals surface area contributed by atoms with Gasteiger partial charge in [-0.1, -0.05) is 5.21 Å². The molecule has 0 bridgehead atoms. The fraction of sp³-hybridized carbons (Fsp3) is 0. The second kappa shape index (κ2) is 2.80. The number of aromatic amines is 1. The summed E-state index contributed by atoms with van der Waals surface area (Å²) >= 11 is 0. The molecule has 0 aliphatic heterocycles. The third-order valence-electron chi connectivity index (χ3n) is 0.239. The van der Waals surface area contributed by atoms with Gasteiger partial charge in [0.2, 0.25) is 0 Å². The Morgan fingerprint density at radius 1 is 1.50 bits per heavy atom. The van der Waals surface area contributed by atoms with E-state index in [1.807, 2.05) is 0 Å². The van der Waals surface area contributed by atoms with Gasteiger partial charge in [0.05, 0.1) is 0 Å². The molecule has 5 heteroatoms. The molecule has 0 saturated carbocycles. The van der Waals surface area contributed by atoms with Crippen molar-refractivity contribution in [3.8, 4) is 0 Å². The van der Waals surface area contributed by atoms with Crippen LogP contribution >= 0.6 is 0 Å². The summed E-state index contributed by atoms with van der Waals surface area (Å²) in [5, 5.41) is 11.8. The largest absolute Gasteiger partial charge is 0.357 e. The molecule has 0 unspecified atom stereocenters. The van der Waals surface area contributed by atoms with Gasteiger partial charge in [-0.05, 0) is 0 Å². The maximum Gasteiger partial charge on any atom is 0 e. The average molecular weight is 128 g/mol. The Labute approximate surface area is 44.5 Å². The minimum absolute atomic E-state index is 0. The van der Waals surface area contributed by atoms with E-state index in [1.54, 1.807) is 0 Å². The Kier molecular flexibility index (Phi) is 2.60. The number of nitrogens with one attached hydrogen (secondary N) is 1. The molecular weight excluding hydrogens is 127 g/mol. The first kappa shape index (κ1) is 5.58. The molecule has 0 aliphatic carbocycles. The van der Waals surface area contributed by atoms with Crippen molar-refractivity contribution in [3.63, 3.8) is 0 Å². The standard InChI is InChI=1S/CHN4.Co/c1-2-4-5-3-1;/h(H,2,3,4,5);/q-1;. The van der Waals surface area contributed by atoms with E-state index in [2.05, 4.69) is 27.0 Å². The SMILES string of the molecule is [Co].[c-]1nn[nH]n1. The fourth-order valence-electron chi connectivity index (χ4n) is 0.112. The number of nitrogens with zero attached hydrogens (tertiary/aromatic N) is 3. The van der Waals surface area contributed by atoms with Gasteiger partial charge < -0.3 is 10.2 Å². The summed E-state index contributed by atoms with van der Waals surface area (Å²) in [6.07, 6.45) is 2.19. The predicted molar refractivity (Wildman–Crippen MR) is 13.0 cm³/mol. The molecule has 0 aromatic carbocycles. The summed E-state index contributed by atoms with van der Waals surface area (Å²) < 4.78 is 0. The van der Waals surface area contributed by atoms with Crippen LogP contribution in [-0.4, -0.2) is 20.6 Å². The quantitative estimate of drug-likeness (QED) is 0.456. The molecule has 1 heterocycles. The Bertz CT molecular complexity index is 64.0. The maximum atomic E-state index is 3.25. The van der Waals surface area contributed by atoms with Crippen molar-refractivity contribution in [1.82, 2.24) is 20.6 Å². The topological polar surface area (TPSA) is 54.5 Å². The van der Waals surface area contributed by atoms with E-state index in [9.17, 15) is 0 Å². The van der Waals surface area contributed by atoms with Crippen molar-refractivity contribution in [2.45, 2.75) is 0 Å². The summed E-state index contributed by atoms with van der Waals surface area (Å²) in [5.41, 5.74) is 0. The van der Waals surface area contributed by atoms with Gasteiger partial charge in [-0.25, -0.2) is 11.5 Å². The van der Waals surface area contributed by atoms with E-state index in [0.29, 0.717) is 0 Å². The van der Waals surface area contributed by atoms with Crippen molar-refractivity contribution in [2.75, 3.05) is 0 Å². The van der Waals surface area contributed by atoms with Crippen molar-refractivity contribution in [3.05, 3.63) is 6.33 Å². The van der Waals surface area contributed by atoms with Crippen molar-refractivity contribution in [1.29, 1.82) is 0 Å². The van der Waals surface area contributed by atoms with E-state index in [4.69, 9.17) is 0 Å². The molecule has 0 atom stereocenters. The molecule has 0 amide bonds. The average Bonchev–Trinajstić information content (AvgIpc) is 1.76. The fourth-order valence-corrected chi connectivity index (χ4v) is 0.112. The molecule has 6 heavy (non-hydrogen) atoms. The molecule has 0 aliphatic rings. The number of H-pyrrole nitrogens is 1. The monoisotopic (exact) mass is 128 g/mol. The number of hydrogen-bond acceptors (Lipinski definition) is 3. The Morgan fingerprint density at radius 3 is 2.50 bits per heavy atom. The van der Waals surface area contributed by atoms with E-state index in [1.165, 1.54) is 0 Å². The number of rotatable bonds is 0. The first-order chi connectivity index (χ1) is 2.50. The second-order valence-electron chi connectivity index (χ2n) is 0.512. The molecular formula is CHCoN4-. The van der Waals surface area contributed by atoms with Crippen molar-refractivity contribution < 1.29 is 16.8 Å². The van der Waals surface area contributed by atoms with Crippen LogP contribution in [0.5, 0.6) is 0 Å². The first-order valence-electron chi connectivity index (χ1n) is 1.09. The van der Waals surface area contributed by atoms with Gasteiger partial charge in [-0.2, -0.15) is 0 Å². The van der Waals surface area contributed by atoms with Crippen LogP contribution in [0.25, 0.3) is 0 Å². The van der Waals surface area contributed by atoms with E-state index < -0.39 is 0 Å². The van der Waals surface area contributed by atoms with E-state index in [0.717, 1.165) is 0 Å². The van der Waals surface area contributed by atoms with Gasteiger partial charge in [0.25, 0.3) is 0 Å². The van der Waals surface area contributed by atoms with Crippen LogP contribution in [-0.2, 0) is 16.8 Å². The maximum absolute atomic E-state index is 3.25. The molecule has 1 radical (unpaired) electrons. The smallest absolute Gasteiger partial charge is 0 e. The summed E-state index contributed by atoms with van der Waals surface area (Å²) in [6.45, 7) is 0. The van der Waals surface area contributed by atoms with Crippen LogP contribution in [0.3, 0.4) is 0 Å². The molecule has 4 nitrogen and oxygen atoms in total. The van der Waals surface area contributed by atoms with Crippen LogP contribution < -0.4 is 0 Å². The zero-order valence-corrected chi connectivity index (χ0v) is 3.72. The summed E-state index contributed by atoms with van der Waals surface area (Å²) in [6, 6.07) is 0. The molecule has 1 rings (SSSR count). The van der Waals surface area contributed by atoms with Gasteiger partial charge in [0.15, 0.2) is 0 Å². The minimum atomic E-state index is 0. The van der Waals surface area contributed by atoms with Crippen LogP contribution in [0.2, 0.25) is 0 Å². The van der Waals surface area contributed by atoms with Crippen molar-refractivity contribution >= 4 is 0 Å². The number of tetrazole rings is 1. The zero-order chi connectivity index (χ0) is 3.54. The van der Waals surface area contributed by atoms with Crippen LogP contribution in [0, 0.1) is 6.33 Å². The summed E-state index contributed by atoms with van der Waals surface area (Å²) in [7, 11) is 0. The molecule has 0 spiro atoms. The third-order valence-corrected chi connectivity index (χ3v) is 0.239. The molecule has 0 saturated heterocycles. The van der Waals surface area contributed by atoms with Gasteiger partial charge >= 0.3 is 0 Å². The summed E-state index contributed by atoms with van der Waals surface area (Å²) in [4.78, 5) is 0. The third kappa shape index (κ3) is 1.13. The normalized spacial score (nSPS) is 6.67. The first-order valence-corrected chi connectivity index (χ1v) is 1.09. The van der Waals surface area contributed by atoms with Gasteiger partial charge in [0.1, 0.15) is 0 Å². The minimum Gasteiger partial charge on any atom is -0.357 e. The molecule has 35 valence electrons. The Morgan fingerprint density at radius 2 is 2.33 bits per heavy atom. The molecule has 1 N–H and O–H groups in total. The van der Waals surface area contributed by atoms with E-state index >= 15 is 0 Å². The van der Waals surface area contributed by atoms with Gasteiger partial charge in [0, 0.05) is 16.8 Å². The van der Waals surface area contributed by atoms with Gasteiger partial charge in [-0.3, -0.25) is 0 Å². The van der Waals surface area contributed by atoms with Crippen molar-refractivity contribution in [2.24, 2.45) is 0 Å². The second-order valence-corrected chi connectivity index (χ2v) is 0.512. The Balaban J connectivity index is 0.000000250. The summed E-state index contributed by atoms with van der Waals surface area (Å²) in [5.74, 6) is 0. The van der Waals surface area contributed by atoms with E-state index in [-0.39, 0.29) is 16.8 Å².